The monoisotopic (exact) mass is 489 g/mol. The largest absolute Gasteiger partial charge is 0.479 e. The molecule has 0 spiro atoms. The first-order chi connectivity index (χ1) is 16.6. The van der Waals surface area contributed by atoms with Gasteiger partial charge in [-0.1, -0.05) is 11.3 Å². The number of halogens is 3. The van der Waals surface area contributed by atoms with Gasteiger partial charge in [0, 0.05) is 17.8 Å². The molecular weight excluding hydrogens is 463 g/mol. The SMILES string of the molecule is COc1nc(NC2CCC(C)(O)CC2)nn2ccc(-c3ccc4nnn([C@H](C)C(F)(F)F)c4c3)c12. The summed E-state index contributed by atoms with van der Waals surface area (Å²) in [6.07, 6.45) is 0.284. The second-order valence-electron chi connectivity index (χ2n) is 9.34. The van der Waals surface area contributed by atoms with Crippen molar-refractivity contribution in [3.8, 4) is 17.0 Å². The second-order valence-corrected chi connectivity index (χ2v) is 9.34. The van der Waals surface area contributed by atoms with Crippen LogP contribution in [0.1, 0.15) is 45.6 Å². The molecule has 9 nitrogen and oxygen atoms in total. The van der Waals surface area contributed by atoms with Crippen molar-refractivity contribution in [2.24, 2.45) is 0 Å². The minimum atomic E-state index is -4.45. The van der Waals surface area contributed by atoms with Crippen molar-refractivity contribution in [2.75, 3.05) is 12.4 Å². The van der Waals surface area contributed by atoms with Gasteiger partial charge >= 0.3 is 6.18 Å². The van der Waals surface area contributed by atoms with Crippen LogP contribution < -0.4 is 10.1 Å². The predicted octanol–water partition coefficient (Wildman–Crippen LogP) is 4.38. The number of rotatable bonds is 5. The van der Waals surface area contributed by atoms with Gasteiger partial charge in [0.15, 0.2) is 0 Å². The lowest BCUT2D eigenvalue weighted by Crippen LogP contribution is -2.36. The molecule has 0 amide bonds. The van der Waals surface area contributed by atoms with Crippen LogP contribution in [0, 0.1) is 0 Å². The third-order valence-corrected chi connectivity index (χ3v) is 6.69. The van der Waals surface area contributed by atoms with Gasteiger partial charge in [0.25, 0.3) is 0 Å². The van der Waals surface area contributed by atoms with Crippen LogP contribution in [0.5, 0.6) is 5.88 Å². The Morgan fingerprint density at radius 1 is 1.23 bits per heavy atom. The Hall–Kier alpha value is -3.41. The molecule has 1 fully saturated rings. The number of aromatic nitrogens is 6. The number of nitrogens with zero attached hydrogens (tertiary/aromatic N) is 6. The van der Waals surface area contributed by atoms with Gasteiger partial charge in [0.2, 0.25) is 11.8 Å². The van der Waals surface area contributed by atoms with E-state index in [1.54, 1.807) is 28.9 Å². The number of alkyl halides is 3. The lowest BCUT2D eigenvalue weighted by Gasteiger charge is -2.33. The summed E-state index contributed by atoms with van der Waals surface area (Å²) in [4.78, 5) is 4.53. The van der Waals surface area contributed by atoms with Gasteiger partial charge in [-0.2, -0.15) is 18.2 Å². The highest BCUT2D eigenvalue weighted by molar-refractivity contribution is 5.89. The summed E-state index contributed by atoms with van der Waals surface area (Å²) < 4.78 is 48.0. The number of hydrogen-bond acceptors (Lipinski definition) is 7. The number of hydrogen-bond donors (Lipinski definition) is 2. The molecule has 5 rings (SSSR count). The molecule has 4 aromatic rings. The Labute approximate surface area is 198 Å². The first-order valence-electron chi connectivity index (χ1n) is 11.4. The molecule has 1 aliphatic rings. The van der Waals surface area contributed by atoms with E-state index in [9.17, 15) is 18.3 Å². The fourth-order valence-electron chi connectivity index (χ4n) is 4.52. The van der Waals surface area contributed by atoms with Crippen LogP contribution in [-0.4, -0.2) is 59.6 Å². The zero-order chi connectivity index (χ0) is 25.0. The number of anilines is 1. The van der Waals surface area contributed by atoms with Gasteiger partial charge in [-0.3, -0.25) is 0 Å². The van der Waals surface area contributed by atoms with Gasteiger partial charge in [-0.15, -0.1) is 10.2 Å². The Bertz CT molecular complexity index is 1370. The van der Waals surface area contributed by atoms with Gasteiger partial charge < -0.3 is 15.2 Å². The van der Waals surface area contributed by atoms with Gasteiger partial charge in [-0.25, -0.2) is 9.20 Å². The molecule has 0 saturated heterocycles. The van der Waals surface area contributed by atoms with Crippen LogP contribution in [0.3, 0.4) is 0 Å². The van der Waals surface area contributed by atoms with Crippen molar-refractivity contribution in [2.45, 2.75) is 63.4 Å². The summed E-state index contributed by atoms with van der Waals surface area (Å²) in [6, 6.07) is 5.18. The van der Waals surface area contributed by atoms with E-state index >= 15 is 0 Å². The summed E-state index contributed by atoms with van der Waals surface area (Å²) in [6.45, 7) is 2.90. The van der Waals surface area contributed by atoms with Crippen LogP contribution >= 0.6 is 0 Å². The maximum Gasteiger partial charge on any atom is 0.410 e. The van der Waals surface area contributed by atoms with E-state index in [2.05, 4.69) is 25.7 Å². The zero-order valence-corrected chi connectivity index (χ0v) is 19.5. The predicted molar refractivity (Wildman–Crippen MR) is 123 cm³/mol. The number of methoxy groups -OCH3 is 1. The minimum Gasteiger partial charge on any atom is -0.479 e. The number of aliphatic hydroxyl groups is 1. The molecule has 0 unspecified atom stereocenters. The molecule has 1 aromatic carbocycles. The molecule has 0 bridgehead atoms. The highest BCUT2D eigenvalue weighted by atomic mass is 19.4. The zero-order valence-electron chi connectivity index (χ0n) is 19.5. The molecule has 2 N–H and O–H groups in total. The van der Waals surface area contributed by atoms with Crippen LogP contribution in [-0.2, 0) is 0 Å². The van der Waals surface area contributed by atoms with Gasteiger partial charge in [0.1, 0.15) is 17.1 Å². The first-order valence-corrected chi connectivity index (χ1v) is 11.4. The van der Waals surface area contributed by atoms with E-state index in [1.807, 2.05) is 13.0 Å². The smallest absolute Gasteiger partial charge is 0.410 e. The molecule has 0 radical (unpaired) electrons. The van der Waals surface area contributed by atoms with Crippen molar-refractivity contribution >= 4 is 22.5 Å². The number of ether oxygens (including phenoxy) is 1. The molecule has 1 aliphatic carbocycles. The fourth-order valence-corrected chi connectivity index (χ4v) is 4.52. The van der Waals surface area contributed by atoms with E-state index < -0.39 is 17.8 Å². The summed E-state index contributed by atoms with van der Waals surface area (Å²) in [7, 11) is 1.51. The van der Waals surface area contributed by atoms with Crippen LogP contribution in [0.2, 0.25) is 0 Å². The molecule has 35 heavy (non-hydrogen) atoms. The van der Waals surface area contributed by atoms with Gasteiger partial charge in [0.05, 0.1) is 18.2 Å². The normalized spacial score (nSPS) is 22.0. The Balaban J connectivity index is 1.51. The summed E-state index contributed by atoms with van der Waals surface area (Å²) in [5.41, 5.74) is 1.96. The van der Waals surface area contributed by atoms with Crippen molar-refractivity contribution < 1.29 is 23.0 Å². The van der Waals surface area contributed by atoms with E-state index in [1.165, 1.54) is 7.11 Å². The van der Waals surface area contributed by atoms with Crippen LogP contribution in [0.4, 0.5) is 19.1 Å². The van der Waals surface area contributed by atoms with Crippen LogP contribution in [0.15, 0.2) is 30.5 Å². The number of nitrogens with one attached hydrogen (secondary N) is 1. The third kappa shape index (κ3) is 4.38. The fraction of sp³-hybridized carbons (Fsp3) is 0.478. The molecule has 12 heteroatoms. The van der Waals surface area contributed by atoms with E-state index in [0.29, 0.717) is 46.8 Å². The Kier molecular flexibility index (Phi) is 5.58. The first kappa shape index (κ1) is 23.3. The molecule has 3 aromatic heterocycles. The minimum absolute atomic E-state index is 0.137. The molecule has 3 heterocycles. The second kappa shape index (κ2) is 8.36. The molecule has 186 valence electrons. The van der Waals surface area contributed by atoms with Crippen LogP contribution in [0.25, 0.3) is 27.7 Å². The molecular formula is C23H26F3N7O2. The Morgan fingerprint density at radius 3 is 2.66 bits per heavy atom. The summed E-state index contributed by atoms with van der Waals surface area (Å²) >= 11 is 0. The van der Waals surface area contributed by atoms with E-state index in [-0.39, 0.29) is 11.6 Å². The standard InChI is InChI=1S/C23H26F3N7O2/c1-13(23(24,25)26)33-18-12-14(4-5-17(18)29-31-33)16-8-11-32-19(16)20(35-3)28-21(30-32)27-15-6-9-22(2,34)10-7-15/h4-5,8,11-13,15,34H,6-7,9-10H2,1-3H3,(H,27,30)/t13-,15?,22?/m1/s1. The van der Waals surface area contributed by atoms with Crippen molar-refractivity contribution in [1.82, 2.24) is 29.6 Å². The highest BCUT2D eigenvalue weighted by Crippen LogP contribution is 2.36. The van der Waals surface area contributed by atoms with E-state index in [4.69, 9.17) is 4.74 Å². The topological polar surface area (TPSA) is 102 Å². The third-order valence-electron chi connectivity index (χ3n) is 6.69. The van der Waals surface area contributed by atoms with Crippen molar-refractivity contribution in [1.29, 1.82) is 0 Å². The lowest BCUT2D eigenvalue weighted by atomic mass is 9.84. The Morgan fingerprint density at radius 2 is 1.97 bits per heavy atom. The molecule has 1 saturated carbocycles. The number of fused-ring (bicyclic) bond motifs is 2. The average molecular weight is 490 g/mol. The summed E-state index contributed by atoms with van der Waals surface area (Å²) in [5.74, 6) is 0.737. The van der Waals surface area contributed by atoms with Crippen molar-refractivity contribution in [3.63, 3.8) is 0 Å². The summed E-state index contributed by atoms with van der Waals surface area (Å²) in [5, 5.41) is 25.7. The van der Waals surface area contributed by atoms with Gasteiger partial charge in [-0.05, 0) is 63.3 Å². The lowest BCUT2D eigenvalue weighted by molar-refractivity contribution is -0.164. The maximum absolute atomic E-state index is 13.3. The quantitative estimate of drug-likeness (QED) is 0.429. The maximum atomic E-state index is 13.3. The number of benzene rings is 1. The highest BCUT2D eigenvalue weighted by Gasteiger charge is 2.39. The average Bonchev–Trinajstić information content (AvgIpc) is 3.42. The molecule has 0 aliphatic heterocycles. The van der Waals surface area contributed by atoms with E-state index in [0.717, 1.165) is 24.4 Å². The van der Waals surface area contributed by atoms with Crippen molar-refractivity contribution in [3.05, 3.63) is 30.5 Å². The molecule has 1 atom stereocenters.